The second kappa shape index (κ2) is 6.72. The lowest BCUT2D eigenvalue weighted by Gasteiger charge is -2.17. The van der Waals surface area contributed by atoms with E-state index in [0.717, 1.165) is 27.8 Å². The van der Waals surface area contributed by atoms with E-state index in [1.54, 1.807) is 18.2 Å². The zero-order chi connectivity index (χ0) is 19.0. The minimum Gasteiger partial charge on any atom is -0.344 e. The first-order valence-corrected chi connectivity index (χ1v) is 8.66. The largest absolute Gasteiger partial charge is 0.344 e. The summed E-state index contributed by atoms with van der Waals surface area (Å²) < 4.78 is 15.3. The lowest BCUT2D eigenvalue weighted by molar-refractivity contribution is -0.116. The molecule has 2 heterocycles. The lowest BCUT2D eigenvalue weighted by atomic mass is 10.0. The van der Waals surface area contributed by atoms with Crippen molar-refractivity contribution in [1.82, 2.24) is 4.57 Å². The molecule has 2 aromatic carbocycles. The van der Waals surface area contributed by atoms with E-state index in [4.69, 9.17) is 0 Å². The fraction of sp³-hybridized carbons (Fsp3) is 0.143. The molecule has 0 saturated carbocycles. The van der Waals surface area contributed by atoms with E-state index >= 15 is 0 Å². The number of aryl methyl sites for hydroxylation is 2. The Morgan fingerprint density at radius 1 is 1.19 bits per heavy atom. The van der Waals surface area contributed by atoms with Crippen LogP contribution in [-0.2, 0) is 23.1 Å². The molecule has 6 heteroatoms. The Hall–Kier alpha value is -3.41. The number of benzene rings is 2. The number of nitrogens with one attached hydrogen (secondary N) is 2. The molecule has 5 nitrogen and oxygen atoms in total. The van der Waals surface area contributed by atoms with Gasteiger partial charge in [-0.1, -0.05) is 6.07 Å². The zero-order valence-corrected chi connectivity index (χ0v) is 14.8. The molecule has 2 amide bonds. The summed E-state index contributed by atoms with van der Waals surface area (Å²) >= 11 is 0. The van der Waals surface area contributed by atoms with E-state index in [9.17, 15) is 14.0 Å². The molecule has 0 saturated heterocycles. The molecule has 0 unspecified atom stereocenters. The molecule has 3 aromatic rings. The van der Waals surface area contributed by atoms with Crippen molar-refractivity contribution in [3.8, 4) is 0 Å². The van der Waals surface area contributed by atoms with Crippen molar-refractivity contribution in [3.05, 3.63) is 65.6 Å². The van der Waals surface area contributed by atoms with Gasteiger partial charge in [0.05, 0.1) is 0 Å². The van der Waals surface area contributed by atoms with E-state index in [-0.39, 0.29) is 17.6 Å². The van der Waals surface area contributed by atoms with Gasteiger partial charge in [0.1, 0.15) is 5.82 Å². The standard InChI is InChI=1S/C21H18FN3O2/c1-25-17(11-14-10-15(22)4-7-19(14)25)6-9-20(26)23-16-5-2-13-3-8-21(27)24-18(13)12-16/h2,4-7,9-12H,3,8H2,1H3,(H,23,26)(H,24,27)/b9-6+. The number of amides is 2. The van der Waals surface area contributed by atoms with Crippen LogP contribution in [0.4, 0.5) is 15.8 Å². The highest BCUT2D eigenvalue weighted by atomic mass is 19.1. The van der Waals surface area contributed by atoms with Crippen molar-refractivity contribution in [2.24, 2.45) is 7.05 Å². The van der Waals surface area contributed by atoms with Crippen LogP contribution in [0.25, 0.3) is 17.0 Å². The summed E-state index contributed by atoms with van der Waals surface area (Å²) in [6.45, 7) is 0. The van der Waals surface area contributed by atoms with Gasteiger partial charge in [0.2, 0.25) is 11.8 Å². The van der Waals surface area contributed by atoms with Crippen LogP contribution in [0, 0.1) is 5.82 Å². The molecule has 0 radical (unpaired) electrons. The van der Waals surface area contributed by atoms with Crippen LogP contribution >= 0.6 is 0 Å². The van der Waals surface area contributed by atoms with Gasteiger partial charge < -0.3 is 15.2 Å². The predicted molar refractivity (Wildman–Crippen MR) is 104 cm³/mol. The van der Waals surface area contributed by atoms with E-state index in [0.29, 0.717) is 18.5 Å². The van der Waals surface area contributed by atoms with Gasteiger partial charge in [-0.3, -0.25) is 9.59 Å². The van der Waals surface area contributed by atoms with Crippen molar-refractivity contribution in [2.45, 2.75) is 12.8 Å². The van der Waals surface area contributed by atoms with Crippen molar-refractivity contribution >= 4 is 40.2 Å². The number of fused-ring (bicyclic) bond motifs is 2. The highest BCUT2D eigenvalue weighted by Crippen LogP contribution is 2.26. The fourth-order valence-corrected chi connectivity index (χ4v) is 3.30. The van der Waals surface area contributed by atoms with Crippen LogP contribution in [0.2, 0.25) is 0 Å². The van der Waals surface area contributed by atoms with Gasteiger partial charge in [0.15, 0.2) is 0 Å². The minimum atomic E-state index is -0.291. The van der Waals surface area contributed by atoms with Crippen LogP contribution in [-0.4, -0.2) is 16.4 Å². The number of aromatic nitrogens is 1. The number of carbonyl (C=O) groups excluding carboxylic acids is 2. The Morgan fingerprint density at radius 2 is 2.04 bits per heavy atom. The molecular formula is C21H18FN3O2. The van der Waals surface area contributed by atoms with Crippen LogP contribution < -0.4 is 10.6 Å². The first kappa shape index (κ1) is 17.0. The number of halogens is 1. The molecule has 2 N–H and O–H groups in total. The van der Waals surface area contributed by atoms with Crippen LogP contribution in [0.5, 0.6) is 0 Å². The Balaban J connectivity index is 1.50. The van der Waals surface area contributed by atoms with Gasteiger partial charge in [-0.2, -0.15) is 0 Å². The number of nitrogens with zero attached hydrogens (tertiary/aromatic N) is 1. The van der Waals surface area contributed by atoms with Crippen molar-refractivity contribution < 1.29 is 14.0 Å². The quantitative estimate of drug-likeness (QED) is 0.694. The summed E-state index contributed by atoms with van der Waals surface area (Å²) in [5.41, 5.74) is 4.10. The van der Waals surface area contributed by atoms with Gasteiger partial charge in [0.25, 0.3) is 0 Å². The molecule has 0 fully saturated rings. The first-order valence-electron chi connectivity index (χ1n) is 8.66. The van der Waals surface area contributed by atoms with Crippen molar-refractivity contribution in [2.75, 3.05) is 10.6 Å². The van der Waals surface area contributed by atoms with Gasteiger partial charge in [-0.25, -0.2) is 4.39 Å². The Bertz CT molecular complexity index is 1100. The van der Waals surface area contributed by atoms with Gasteiger partial charge in [0, 0.05) is 47.5 Å². The van der Waals surface area contributed by atoms with Crippen molar-refractivity contribution in [1.29, 1.82) is 0 Å². The maximum Gasteiger partial charge on any atom is 0.248 e. The highest BCUT2D eigenvalue weighted by Gasteiger charge is 2.15. The molecular weight excluding hydrogens is 345 g/mol. The summed E-state index contributed by atoms with van der Waals surface area (Å²) in [5, 5.41) is 6.39. The molecule has 136 valence electrons. The van der Waals surface area contributed by atoms with E-state index < -0.39 is 0 Å². The van der Waals surface area contributed by atoms with E-state index in [1.165, 1.54) is 18.2 Å². The minimum absolute atomic E-state index is 0.0157. The van der Waals surface area contributed by atoms with E-state index in [1.807, 2.05) is 29.8 Å². The molecule has 0 aliphatic carbocycles. The number of hydrogen-bond donors (Lipinski definition) is 2. The summed E-state index contributed by atoms with van der Waals surface area (Å²) in [6.07, 6.45) is 4.31. The van der Waals surface area contributed by atoms with Crippen LogP contribution in [0.15, 0.2) is 48.5 Å². The monoisotopic (exact) mass is 363 g/mol. The molecule has 0 bridgehead atoms. The second-order valence-corrected chi connectivity index (χ2v) is 6.57. The third-order valence-electron chi connectivity index (χ3n) is 4.72. The van der Waals surface area contributed by atoms with Crippen LogP contribution in [0.1, 0.15) is 17.7 Å². The van der Waals surface area contributed by atoms with Gasteiger partial charge in [-0.15, -0.1) is 0 Å². The summed E-state index contributed by atoms with van der Waals surface area (Å²) in [6, 6.07) is 11.9. The van der Waals surface area contributed by atoms with Gasteiger partial charge in [-0.05, 0) is 54.5 Å². The Kier molecular flexibility index (Phi) is 4.24. The normalized spacial score (nSPS) is 13.6. The number of rotatable bonds is 3. The third kappa shape index (κ3) is 3.46. The second-order valence-electron chi connectivity index (χ2n) is 6.57. The Labute approximate surface area is 155 Å². The predicted octanol–water partition coefficient (Wildman–Crippen LogP) is 3.85. The smallest absolute Gasteiger partial charge is 0.248 e. The summed E-state index contributed by atoms with van der Waals surface area (Å²) in [7, 11) is 1.87. The number of anilines is 2. The average molecular weight is 363 g/mol. The highest BCUT2D eigenvalue weighted by molar-refractivity contribution is 6.03. The third-order valence-corrected chi connectivity index (χ3v) is 4.72. The van der Waals surface area contributed by atoms with Gasteiger partial charge >= 0.3 is 0 Å². The molecule has 0 atom stereocenters. The summed E-state index contributed by atoms with van der Waals surface area (Å²) in [5.74, 6) is -0.590. The maximum atomic E-state index is 13.4. The van der Waals surface area contributed by atoms with E-state index in [2.05, 4.69) is 10.6 Å². The fourth-order valence-electron chi connectivity index (χ4n) is 3.30. The zero-order valence-electron chi connectivity index (χ0n) is 14.8. The van der Waals surface area contributed by atoms with Crippen molar-refractivity contribution in [3.63, 3.8) is 0 Å². The molecule has 4 rings (SSSR count). The summed E-state index contributed by atoms with van der Waals surface area (Å²) in [4.78, 5) is 23.8. The Morgan fingerprint density at radius 3 is 2.89 bits per heavy atom. The number of hydrogen-bond acceptors (Lipinski definition) is 2. The van der Waals surface area contributed by atoms with Crippen LogP contribution in [0.3, 0.4) is 0 Å². The average Bonchev–Trinajstić information content (AvgIpc) is 2.94. The molecule has 1 aliphatic heterocycles. The molecule has 27 heavy (non-hydrogen) atoms. The lowest BCUT2D eigenvalue weighted by Crippen LogP contribution is -2.19. The topological polar surface area (TPSA) is 63.1 Å². The molecule has 0 spiro atoms. The molecule has 1 aromatic heterocycles. The SMILES string of the molecule is Cn1c(/C=C/C(=O)Nc2ccc3c(c2)NC(=O)CC3)cc2cc(F)ccc21. The number of carbonyl (C=O) groups is 2. The first-order chi connectivity index (χ1) is 13.0. The molecule has 1 aliphatic rings. The maximum absolute atomic E-state index is 13.4.